The summed E-state index contributed by atoms with van der Waals surface area (Å²) in [4.78, 5) is 61.9. The minimum atomic E-state index is -1.49. The van der Waals surface area contributed by atoms with Crippen molar-refractivity contribution in [1.29, 1.82) is 0 Å². The standard InChI is InChI=1S/C31H44N2O12/c1-18(34)39-15-24-27(42-19(2)35)28(43-20(3)36)26(30(45-24)44-21(4)37)33-29(38)23(14-22-10-8-7-9-11-22)32-13-12-25-40-16-31(5,6)17-41-25/h7-11,23-28,30,32H,12-17H2,1-6H3,(H,33,38)/t23-,24+,26+,27+,28+,30-/m0/s1. The molecule has 1 aromatic carbocycles. The van der Waals surface area contributed by atoms with Crippen molar-refractivity contribution in [2.75, 3.05) is 26.4 Å². The lowest BCUT2D eigenvalue weighted by Crippen LogP contribution is -2.68. The van der Waals surface area contributed by atoms with Crippen LogP contribution in [0.5, 0.6) is 0 Å². The zero-order valence-corrected chi connectivity index (χ0v) is 26.6. The summed E-state index contributed by atoms with van der Waals surface area (Å²) in [5.74, 6) is -3.45. The Labute approximate surface area is 262 Å². The van der Waals surface area contributed by atoms with Gasteiger partial charge < -0.3 is 43.8 Å². The van der Waals surface area contributed by atoms with Gasteiger partial charge in [-0.05, 0) is 12.0 Å². The molecule has 2 aliphatic heterocycles. The summed E-state index contributed by atoms with van der Waals surface area (Å²) in [6.45, 7) is 9.72. The van der Waals surface area contributed by atoms with Crippen molar-refractivity contribution in [3.05, 3.63) is 35.9 Å². The number of amides is 1. The molecule has 1 aromatic rings. The Morgan fingerprint density at radius 3 is 2.04 bits per heavy atom. The fourth-order valence-electron chi connectivity index (χ4n) is 4.96. The molecular weight excluding hydrogens is 592 g/mol. The van der Waals surface area contributed by atoms with Gasteiger partial charge in [-0.2, -0.15) is 0 Å². The second-order valence-electron chi connectivity index (χ2n) is 11.8. The van der Waals surface area contributed by atoms with Crippen molar-refractivity contribution in [1.82, 2.24) is 10.6 Å². The molecule has 3 rings (SSSR count). The quantitative estimate of drug-likeness (QED) is 0.234. The normalized spacial score (nSPS) is 25.3. The number of esters is 4. The van der Waals surface area contributed by atoms with Gasteiger partial charge >= 0.3 is 23.9 Å². The number of hydrogen-bond donors (Lipinski definition) is 2. The van der Waals surface area contributed by atoms with E-state index in [-0.39, 0.29) is 11.8 Å². The fourth-order valence-corrected chi connectivity index (χ4v) is 4.96. The van der Waals surface area contributed by atoms with Gasteiger partial charge in [-0.1, -0.05) is 44.2 Å². The predicted molar refractivity (Wildman–Crippen MR) is 156 cm³/mol. The van der Waals surface area contributed by atoms with Gasteiger partial charge in [0.2, 0.25) is 12.2 Å². The molecule has 250 valence electrons. The maximum atomic E-state index is 13.9. The highest BCUT2D eigenvalue weighted by molar-refractivity contribution is 5.82. The molecule has 2 aliphatic rings. The van der Waals surface area contributed by atoms with Crippen LogP contribution in [0.25, 0.3) is 0 Å². The van der Waals surface area contributed by atoms with E-state index in [4.69, 9.17) is 33.2 Å². The van der Waals surface area contributed by atoms with Gasteiger partial charge in [-0.15, -0.1) is 0 Å². The van der Waals surface area contributed by atoms with Crippen LogP contribution < -0.4 is 10.6 Å². The number of rotatable bonds is 13. The Morgan fingerprint density at radius 2 is 1.47 bits per heavy atom. The van der Waals surface area contributed by atoms with Crippen molar-refractivity contribution in [3.8, 4) is 0 Å². The van der Waals surface area contributed by atoms with Crippen LogP contribution in [-0.2, 0) is 63.6 Å². The second-order valence-corrected chi connectivity index (χ2v) is 11.8. The Bertz CT molecular complexity index is 1170. The van der Waals surface area contributed by atoms with Crippen molar-refractivity contribution in [3.63, 3.8) is 0 Å². The van der Waals surface area contributed by atoms with E-state index in [2.05, 4.69) is 10.6 Å². The molecule has 45 heavy (non-hydrogen) atoms. The maximum absolute atomic E-state index is 13.9. The van der Waals surface area contributed by atoms with E-state index in [9.17, 15) is 24.0 Å². The third-order valence-electron chi connectivity index (χ3n) is 6.98. The van der Waals surface area contributed by atoms with E-state index in [0.29, 0.717) is 26.2 Å². The molecule has 2 fully saturated rings. The monoisotopic (exact) mass is 636 g/mol. The van der Waals surface area contributed by atoms with Crippen LogP contribution in [-0.4, -0.2) is 99.1 Å². The molecule has 1 amide bonds. The Kier molecular flexibility index (Phi) is 13.3. The van der Waals surface area contributed by atoms with Gasteiger partial charge in [0.15, 0.2) is 18.5 Å². The molecule has 0 bridgehead atoms. The van der Waals surface area contributed by atoms with Crippen LogP contribution >= 0.6 is 0 Å². The van der Waals surface area contributed by atoms with Crippen LogP contribution in [0.15, 0.2) is 30.3 Å². The van der Waals surface area contributed by atoms with Gasteiger partial charge in [0, 0.05) is 46.1 Å². The number of ether oxygens (including phenoxy) is 7. The molecule has 0 unspecified atom stereocenters. The second kappa shape index (κ2) is 16.6. The number of nitrogens with one attached hydrogen (secondary N) is 2. The molecule has 14 nitrogen and oxygen atoms in total. The van der Waals surface area contributed by atoms with Gasteiger partial charge in [0.1, 0.15) is 18.8 Å². The van der Waals surface area contributed by atoms with Crippen molar-refractivity contribution >= 4 is 29.8 Å². The van der Waals surface area contributed by atoms with E-state index in [1.165, 1.54) is 6.92 Å². The molecule has 2 N–H and O–H groups in total. The van der Waals surface area contributed by atoms with E-state index < -0.39 is 79.4 Å². The number of benzene rings is 1. The minimum absolute atomic E-state index is 0.0835. The first-order valence-electron chi connectivity index (χ1n) is 14.9. The summed E-state index contributed by atoms with van der Waals surface area (Å²) in [6.07, 6.45) is -5.07. The lowest BCUT2D eigenvalue weighted by molar-refractivity contribution is -0.271. The summed E-state index contributed by atoms with van der Waals surface area (Å²) < 4.78 is 39.0. The maximum Gasteiger partial charge on any atom is 0.305 e. The summed E-state index contributed by atoms with van der Waals surface area (Å²) >= 11 is 0. The average molecular weight is 637 g/mol. The first-order valence-corrected chi connectivity index (χ1v) is 14.9. The smallest absolute Gasteiger partial charge is 0.305 e. The van der Waals surface area contributed by atoms with Crippen LogP contribution in [0.4, 0.5) is 0 Å². The average Bonchev–Trinajstić information content (AvgIpc) is 2.95. The predicted octanol–water partition coefficient (Wildman–Crippen LogP) is 1.18. The molecular formula is C31H44N2O12. The van der Waals surface area contributed by atoms with E-state index in [1.807, 2.05) is 44.2 Å². The van der Waals surface area contributed by atoms with Crippen LogP contribution in [0.3, 0.4) is 0 Å². The lowest BCUT2D eigenvalue weighted by atomic mass is 9.95. The van der Waals surface area contributed by atoms with Gasteiger partial charge in [0.05, 0.1) is 19.3 Å². The highest BCUT2D eigenvalue weighted by Crippen LogP contribution is 2.28. The summed E-state index contributed by atoms with van der Waals surface area (Å²) in [5, 5.41) is 6.05. The van der Waals surface area contributed by atoms with Gasteiger partial charge in [-0.3, -0.25) is 24.0 Å². The minimum Gasteiger partial charge on any atom is -0.463 e. The van der Waals surface area contributed by atoms with E-state index in [1.54, 1.807) is 0 Å². The van der Waals surface area contributed by atoms with E-state index >= 15 is 0 Å². The topological polar surface area (TPSA) is 174 Å². The molecule has 6 atom stereocenters. The first-order chi connectivity index (χ1) is 21.2. The number of carbonyl (C=O) groups excluding carboxylic acids is 5. The van der Waals surface area contributed by atoms with Crippen molar-refractivity contribution in [2.24, 2.45) is 5.41 Å². The molecule has 0 radical (unpaired) electrons. The first kappa shape index (κ1) is 35.9. The highest BCUT2D eigenvalue weighted by atomic mass is 16.7. The Balaban J connectivity index is 1.86. The van der Waals surface area contributed by atoms with Crippen molar-refractivity contribution in [2.45, 2.75) is 97.4 Å². The molecule has 0 saturated carbocycles. The third-order valence-corrected chi connectivity index (χ3v) is 6.98. The number of carbonyl (C=O) groups is 5. The molecule has 0 aromatic heterocycles. The zero-order valence-electron chi connectivity index (χ0n) is 26.6. The summed E-state index contributed by atoms with van der Waals surface area (Å²) in [6, 6.07) is 7.20. The molecule has 0 spiro atoms. The van der Waals surface area contributed by atoms with Crippen molar-refractivity contribution < 1.29 is 57.1 Å². The van der Waals surface area contributed by atoms with Gasteiger partial charge in [0.25, 0.3) is 0 Å². The summed E-state index contributed by atoms with van der Waals surface area (Å²) in [7, 11) is 0. The lowest BCUT2D eigenvalue weighted by Gasteiger charge is -2.44. The van der Waals surface area contributed by atoms with Gasteiger partial charge in [-0.25, -0.2) is 0 Å². The summed E-state index contributed by atoms with van der Waals surface area (Å²) in [5.41, 5.74) is 0.782. The molecule has 0 aliphatic carbocycles. The molecule has 2 heterocycles. The molecule has 14 heteroatoms. The van der Waals surface area contributed by atoms with E-state index in [0.717, 1.165) is 26.3 Å². The third kappa shape index (κ3) is 11.7. The molecule has 2 saturated heterocycles. The van der Waals surface area contributed by atoms with Crippen LogP contribution in [0.2, 0.25) is 0 Å². The van der Waals surface area contributed by atoms with Crippen LogP contribution in [0, 0.1) is 5.41 Å². The fraction of sp³-hybridized carbons (Fsp3) is 0.645. The Morgan fingerprint density at radius 1 is 0.867 bits per heavy atom. The SMILES string of the molecule is CC(=O)OC[C@H]1O[C@H](OC(C)=O)[C@H](NC(=O)[C@H](Cc2ccccc2)NCCC2OCC(C)(C)CO2)[C@@H](OC(C)=O)[C@@H]1OC(C)=O. The highest BCUT2D eigenvalue weighted by Gasteiger charge is 2.52. The largest absolute Gasteiger partial charge is 0.463 e. The zero-order chi connectivity index (χ0) is 33.1. The number of hydrogen-bond acceptors (Lipinski definition) is 13. The Hall–Kier alpha value is -3.59. The van der Waals surface area contributed by atoms with Crippen LogP contribution in [0.1, 0.15) is 53.5 Å².